The van der Waals surface area contributed by atoms with Crippen LogP contribution in [0.2, 0.25) is 5.02 Å². The third-order valence-electron chi connectivity index (χ3n) is 6.34. The zero-order valence-corrected chi connectivity index (χ0v) is 19.6. The molecular formula is C23H26ClFN6O3. The Morgan fingerprint density at radius 3 is 2.91 bits per heavy atom. The number of H-pyrrole nitrogens is 1. The first-order chi connectivity index (χ1) is 16.3. The molecule has 2 fully saturated rings. The van der Waals surface area contributed by atoms with Gasteiger partial charge in [-0.1, -0.05) is 11.6 Å². The number of ether oxygens (including phenoxy) is 1. The molecule has 2 aliphatic rings. The molecule has 4 heterocycles. The van der Waals surface area contributed by atoms with Gasteiger partial charge in [-0.2, -0.15) is 0 Å². The average Bonchev–Trinajstić information content (AvgIpc) is 3.40. The van der Waals surface area contributed by atoms with Crippen LogP contribution in [-0.4, -0.2) is 67.3 Å². The molecule has 0 aliphatic carbocycles. The summed E-state index contributed by atoms with van der Waals surface area (Å²) in [5.74, 6) is 0.409. The van der Waals surface area contributed by atoms with E-state index >= 15 is 4.39 Å². The minimum absolute atomic E-state index is 0.0219. The number of amides is 1. The number of nitrogens with one attached hydrogen (secondary N) is 2. The lowest BCUT2D eigenvalue weighted by Gasteiger charge is -2.28. The summed E-state index contributed by atoms with van der Waals surface area (Å²) in [6, 6.07) is 2.64. The van der Waals surface area contributed by atoms with Gasteiger partial charge in [-0.15, -0.1) is 0 Å². The maximum Gasteiger partial charge on any atom is 0.223 e. The molecule has 3 aromatic rings. The first kappa shape index (κ1) is 22.9. The third kappa shape index (κ3) is 4.21. The van der Waals surface area contributed by atoms with Gasteiger partial charge in [0.15, 0.2) is 5.82 Å². The van der Waals surface area contributed by atoms with Crippen LogP contribution < -0.4 is 5.32 Å². The number of likely N-dealkylation sites (tertiary alicyclic amines) is 1. The average molecular weight is 489 g/mol. The summed E-state index contributed by atoms with van der Waals surface area (Å²) in [7, 11) is 0. The first-order valence-electron chi connectivity index (χ1n) is 11.4. The number of nitrogens with zero attached hydrogens (tertiary/aromatic N) is 4. The van der Waals surface area contributed by atoms with Crippen LogP contribution in [-0.2, 0) is 9.53 Å². The second-order valence-corrected chi connectivity index (χ2v) is 9.40. The van der Waals surface area contributed by atoms with E-state index in [1.165, 1.54) is 12.3 Å². The van der Waals surface area contributed by atoms with E-state index in [-0.39, 0.29) is 47.1 Å². The van der Waals surface area contributed by atoms with Crippen molar-refractivity contribution in [2.24, 2.45) is 0 Å². The van der Waals surface area contributed by atoms with Crippen LogP contribution in [0.3, 0.4) is 0 Å². The molecule has 3 atom stereocenters. The van der Waals surface area contributed by atoms with E-state index in [1.807, 2.05) is 13.8 Å². The number of benzene rings is 1. The zero-order chi connectivity index (χ0) is 24.0. The Morgan fingerprint density at radius 1 is 1.32 bits per heavy atom. The predicted molar refractivity (Wildman–Crippen MR) is 125 cm³/mol. The smallest absolute Gasteiger partial charge is 0.223 e. The standard InChI is InChI=1S/C23H26ClFN6O3/c1-11(2)31-17(3-4-19(31)33)22-27-16-8-12(7-14(25)21(16)29-22)20-13(24)9-26-23(30-20)28-15-5-6-34-10-18(15)32/h7-9,11,15,17-18,32H,3-6,10H2,1-2H3,(H,27,29)(H,26,28,30)/t15-,17+,18-/m1/s1. The lowest BCUT2D eigenvalue weighted by atomic mass is 10.1. The van der Waals surface area contributed by atoms with Crippen LogP contribution in [0, 0.1) is 5.82 Å². The second-order valence-electron chi connectivity index (χ2n) is 9.00. The number of aromatic nitrogens is 4. The molecule has 5 rings (SSSR count). The number of aromatic amines is 1. The number of halogens is 2. The normalized spacial score (nSPS) is 23.3. The van der Waals surface area contributed by atoms with Gasteiger partial charge in [-0.25, -0.2) is 19.3 Å². The number of carbonyl (C=O) groups excluding carboxylic acids is 1. The highest BCUT2D eigenvalue weighted by atomic mass is 35.5. The van der Waals surface area contributed by atoms with Crippen LogP contribution in [0.4, 0.5) is 10.3 Å². The number of imidazole rings is 1. The molecule has 180 valence electrons. The molecule has 11 heteroatoms. The highest BCUT2D eigenvalue weighted by molar-refractivity contribution is 6.33. The molecule has 9 nitrogen and oxygen atoms in total. The predicted octanol–water partition coefficient (Wildman–Crippen LogP) is 3.45. The monoisotopic (exact) mass is 488 g/mol. The van der Waals surface area contributed by atoms with Gasteiger partial charge in [0.1, 0.15) is 11.3 Å². The van der Waals surface area contributed by atoms with Crippen molar-refractivity contribution < 1.29 is 19.0 Å². The van der Waals surface area contributed by atoms with Crippen molar-refractivity contribution in [3.05, 3.63) is 35.0 Å². The fraction of sp³-hybridized carbons (Fsp3) is 0.478. The Morgan fingerprint density at radius 2 is 2.15 bits per heavy atom. The fourth-order valence-electron chi connectivity index (χ4n) is 4.70. The number of anilines is 1. The van der Waals surface area contributed by atoms with Crippen LogP contribution in [0.15, 0.2) is 18.3 Å². The third-order valence-corrected chi connectivity index (χ3v) is 6.62. The molecular weight excluding hydrogens is 463 g/mol. The summed E-state index contributed by atoms with van der Waals surface area (Å²) >= 11 is 6.37. The van der Waals surface area contributed by atoms with Gasteiger partial charge in [0, 0.05) is 24.6 Å². The van der Waals surface area contributed by atoms with Gasteiger partial charge in [0.05, 0.1) is 47.2 Å². The number of aliphatic hydroxyl groups is 1. The molecule has 0 saturated carbocycles. The Kier molecular flexibility index (Phi) is 6.13. The Hall–Kier alpha value is -2.82. The SMILES string of the molecule is CC(C)N1C(=O)CC[C@H]1c1nc2c(F)cc(-c3nc(N[C@@H]4CCOC[C@H]4O)ncc3Cl)cc2[nH]1. The number of hydrogen-bond donors (Lipinski definition) is 3. The van der Waals surface area contributed by atoms with Gasteiger partial charge in [0.25, 0.3) is 0 Å². The second kappa shape index (κ2) is 9.09. The van der Waals surface area contributed by atoms with Gasteiger partial charge in [0.2, 0.25) is 11.9 Å². The lowest BCUT2D eigenvalue weighted by Crippen LogP contribution is -2.42. The number of fused-ring (bicyclic) bond motifs is 1. The molecule has 2 aliphatic heterocycles. The van der Waals surface area contributed by atoms with E-state index in [9.17, 15) is 9.90 Å². The Balaban J connectivity index is 1.48. The van der Waals surface area contributed by atoms with Gasteiger partial charge in [-0.3, -0.25) is 4.79 Å². The quantitative estimate of drug-likeness (QED) is 0.503. The Bertz CT molecular complexity index is 1230. The molecule has 0 radical (unpaired) electrons. The highest BCUT2D eigenvalue weighted by Gasteiger charge is 2.36. The summed E-state index contributed by atoms with van der Waals surface area (Å²) < 4.78 is 20.4. The zero-order valence-electron chi connectivity index (χ0n) is 18.9. The molecule has 2 saturated heterocycles. The van der Waals surface area contributed by atoms with E-state index in [4.69, 9.17) is 16.3 Å². The fourth-order valence-corrected chi connectivity index (χ4v) is 4.90. The van der Waals surface area contributed by atoms with E-state index in [0.717, 1.165) is 0 Å². The molecule has 0 bridgehead atoms. The Labute approximate surface area is 200 Å². The topological polar surface area (TPSA) is 116 Å². The van der Waals surface area contributed by atoms with E-state index in [1.54, 1.807) is 11.0 Å². The molecule has 2 aromatic heterocycles. The van der Waals surface area contributed by atoms with Crippen molar-refractivity contribution in [3.8, 4) is 11.3 Å². The maximum atomic E-state index is 15.1. The molecule has 1 amide bonds. The molecule has 34 heavy (non-hydrogen) atoms. The largest absolute Gasteiger partial charge is 0.389 e. The van der Waals surface area contributed by atoms with E-state index in [2.05, 4.69) is 25.3 Å². The molecule has 1 aromatic carbocycles. The summed E-state index contributed by atoms with van der Waals surface area (Å²) in [5.41, 5.74) is 1.52. The number of rotatable bonds is 5. The van der Waals surface area contributed by atoms with Crippen LogP contribution >= 0.6 is 11.6 Å². The van der Waals surface area contributed by atoms with Gasteiger partial charge in [-0.05, 0) is 38.8 Å². The van der Waals surface area contributed by atoms with Crippen LogP contribution in [0.25, 0.3) is 22.3 Å². The lowest BCUT2D eigenvalue weighted by molar-refractivity contribution is -0.130. The van der Waals surface area contributed by atoms with Crippen molar-refractivity contribution in [1.29, 1.82) is 0 Å². The number of hydrogen-bond acceptors (Lipinski definition) is 7. The number of aliphatic hydroxyl groups excluding tert-OH is 1. The number of carbonyl (C=O) groups is 1. The minimum atomic E-state index is -0.679. The van der Waals surface area contributed by atoms with Crippen LogP contribution in [0.1, 0.15) is 45.0 Å². The van der Waals surface area contributed by atoms with Crippen molar-refractivity contribution in [3.63, 3.8) is 0 Å². The van der Waals surface area contributed by atoms with Gasteiger partial charge >= 0.3 is 0 Å². The van der Waals surface area contributed by atoms with Crippen LogP contribution in [0.5, 0.6) is 0 Å². The minimum Gasteiger partial charge on any atom is -0.389 e. The van der Waals surface area contributed by atoms with Crippen molar-refractivity contribution >= 4 is 34.5 Å². The van der Waals surface area contributed by atoms with E-state index < -0.39 is 11.9 Å². The summed E-state index contributed by atoms with van der Waals surface area (Å²) in [5, 5.41) is 13.5. The molecule has 3 N–H and O–H groups in total. The maximum absolute atomic E-state index is 15.1. The summed E-state index contributed by atoms with van der Waals surface area (Å²) in [6.07, 6.45) is 2.46. The highest BCUT2D eigenvalue weighted by Crippen LogP contribution is 2.36. The van der Waals surface area contributed by atoms with E-state index in [0.29, 0.717) is 48.5 Å². The summed E-state index contributed by atoms with van der Waals surface area (Å²) in [6.45, 7) is 4.68. The van der Waals surface area contributed by atoms with Gasteiger partial charge < -0.3 is 25.0 Å². The van der Waals surface area contributed by atoms with Crippen molar-refractivity contribution in [2.45, 2.75) is 57.3 Å². The molecule has 0 unspecified atom stereocenters. The molecule has 0 spiro atoms. The van der Waals surface area contributed by atoms with Crippen molar-refractivity contribution in [1.82, 2.24) is 24.8 Å². The summed E-state index contributed by atoms with van der Waals surface area (Å²) in [4.78, 5) is 30.5. The van der Waals surface area contributed by atoms with Crippen molar-refractivity contribution in [2.75, 3.05) is 18.5 Å². The first-order valence-corrected chi connectivity index (χ1v) is 11.7.